The molecule has 2 heterocycles. The molecule has 5 heteroatoms. The normalized spacial score (nSPS) is 20.6. The molecule has 1 saturated heterocycles. The smallest absolute Gasteiger partial charge is 0.302 e. The zero-order chi connectivity index (χ0) is 11.7. The van der Waals surface area contributed by atoms with Crippen LogP contribution in [0.5, 0.6) is 0 Å². The highest BCUT2D eigenvalue weighted by Gasteiger charge is 2.17. The fraction of sp³-hybridized carbons (Fsp3) is 0.417. The van der Waals surface area contributed by atoms with Crippen molar-refractivity contribution >= 4 is 21.6 Å². The van der Waals surface area contributed by atoms with Gasteiger partial charge in [0.05, 0.1) is 16.7 Å². The Bertz CT molecular complexity index is 568. The van der Waals surface area contributed by atoms with Crippen LogP contribution in [0.15, 0.2) is 29.1 Å². The average molecular weight is 251 g/mol. The highest BCUT2D eigenvalue weighted by Crippen LogP contribution is 2.17. The number of benzene rings is 1. The van der Waals surface area contributed by atoms with E-state index in [0.717, 1.165) is 24.0 Å². The first-order valence-electron chi connectivity index (χ1n) is 5.74. The Morgan fingerprint density at radius 1 is 1.35 bits per heavy atom. The van der Waals surface area contributed by atoms with Crippen LogP contribution in [0.3, 0.4) is 0 Å². The average Bonchev–Trinajstić information content (AvgIpc) is 2.68. The number of fused-ring (bicyclic) bond motifs is 1. The van der Waals surface area contributed by atoms with Crippen molar-refractivity contribution in [3.05, 3.63) is 34.6 Å². The second kappa shape index (κ2) is 4.50. The van der Waals surface area contributed by atoms with E-state index in [0.29, 0.717) is 12.0 Å². The molecule has 0 bridgehead atoms. The van der Waals surface area contributed by atoms with Gasteiger partial charge in [0.2, 0.25) is 6.29 Å². The van der Waals surface area contributed by atoms with Gasteiger partial charge in [-0.3, -0.25) is 4.79 Å². The van der Waals surface area contributed by atoms with Crippen LogP contribution in [0.4, 0.5) is 0 Å². The largest absolute Gasteiger partial charge is 0.368 e. The Kier molecular flexibility index (Phi) is 2.86. The number of rotatable bonds is 2. The lowest BCUT2D eigenvalue weighted by atomic mass is 10.2. The Hall–Kier alpha value is -1.33. The van der Waals surface area contributed by atoms with Crippen LogP contribution in [-0.2, 0) is 4.74 Å². The number of nitrogens with zero attached hydrogens (tertiary/aromatic N) is 1. The maximum absolute atomic E-state index is 12.0. The summed E-state index contributed by atoms with van der Waals surface area (Å²) < 4.78 is 7.73. The standard InChI is InChI=1S/C12H13NO3S/c14-12-9-5-1-2-6-10(9)17-13(12)16-11-7-3-4-8-15-11/h1-2,5-6,11H,3-4,7-8H2. The molecular formula is C12H13NO3S. The van der Waals surface area contributed by atoms with Crippen molar-refractivity contribution in [1.29, 1.82) is 0 Å². The van der Waals surface area contributed by atoms with Crippen LogP contribution in [-0.4, -0.2) is 17.0 Å². The first-order valence-corrected chi connectivity index (χ1v) is 6.52. The quantitative estimate of drug-likeness (QED) is 0.820. The van der Waals surface area contributed by atoms with E-state index in [1.165, 1.54) is 15.7 Å². The van der Waals surface area contributed by atoms with Gasteiger partial charge in [0.1, 0.15) is 0 Å². The Balaban J connectivity index is 1.89. The highest BCUT2D eigenvalue weighted by atomic mass is 32.1. The third-order valence-electron chi connectivity index (χ3n) is 2.82. The number of ether oxygens (including phenoxy) is 1. The monoisotopic (exact) mass is 251 g/mol. The van der Waals surface area contributed by atoms with E-state index in [2.05, 4.69) is 0 Å². The van der Waals surface area contributed by atoms with Crippen LogP contribution in [0.1, 0.15) is 19.3 Å². The van der Waals surface area contributed by atoms with E-state index < -0.39 is 0 Å². The Morgan fingerprint density at radius 3 is 3.00 bits per heavy atom. The summed E-state index contributed by atoms with van der Waals surface area (Å²) in [4.78, 5) is 17.6. The molecule has 1 unspecified atom stereocenters. The van der Waals surface area contributed by atoms with Crippen molar-refractivity contribution in [2.75, 3.05) is 6.61 Å². The van der Waals surface area contributed by atoms with E-state index in [9.17, 15) is 4.79 Å². The molecule has 0 amide bonds. The molecule has 17 heavy (non-hydrogen) atoms. The summed E-state index contributed by atoms with van der Waals surface area (Å²) in [5.74, 6) is 0. The molecule has 1 aliphatic rings. The van der Waals surface area contributed by atoms with Gasteiger partial charge in [-0.05, 0) is 36.5 Å². The van der Waals surface area contributed by atoms with Gasteiger partial charge in [-0.25, -0.2) is 0 Å². The van der Waals surface area contributed by atoms with Crippen molar-refractivity contribution in [3.63, 3.8) is 0 Å². The van der Waals surface area contributed by atoms with Crippen molar-refractivity contribution in [3.8, 4) is 0 Å². The molecule has 1 aliphatic heterocycles. The van der Waals surface area contributed by atoms with Gasteiger partial charge >= 0.3 is 5.56 Å². The SMILES string of the molecule is O=c1c2ccccc2sn1OC1CCCCO1. The van der Waals surface area contributed by atoms with Crippen LogP contribution >= 0.6 is 11.5 Å². The third kappa shape index (κ3) is 2.08. The molecule has 90 valence electrons. The van der Waals surface area contributed by atoms with Gasteiger partial charge in [-0.1, -0.05) is 16.3 Å². The molecule has 3 rings (SSSR count). The molecule has 1 aromatic carbocycles. The van der Waals surface area contributed by atoms with E-state index in [1.54, 1.807) is 0 Å². The van der Waals surface area contributed by atoms with Crippen LogP contribution in [0, 0.1) is 0 Å². The minimum atomic E-state index is -0.283. The summed E-state index contributed by atoms with van der Waals surface area (Å²) in [6.45, 7) is 0.713. The summed E-state index contributed by atoms with van der Waals surface area (Å²) in [6, 6.07) is 7.51. The van der Waals surface area contributed by atoms with E-state index >= 15 is 0 Å². The van der Waals surface area contributed by atoms with E-state index in [4.69, 9.17) is 9.57 Å². The molecule has 1 atom stereocenters. The maximum atomic E-state index is 12.0. The van der Waals surface area contributed by atoms with Gasteiger partial charge in [-0.2, -0.15) is 0 Å². The zero-order valence-corrected chi connectivity index (χ0v) is 10.1. The molecular weight excluding hydrogens is 238 g/mol. The second-order valence-corrected chi connectivity index (χ2v) is 5.01. The van der Waals surface area contributed by atoms with Gasteiger partial charge in [-0.15, -0.1) is 0 Å². The van der Waals surface area contributed by atoms with Crippen LogP contribution in [0.2, 0.25) is 0 Å². The summed E-state index contributed by atoms with van der Waals surface area (Å²) in [5.41, 5.74) is -0.0974. The Morgan fingerprint density at radius 2 is 2.24 bits per heavy atom. The van der Waals surface area contributed by atoms with Crippen molar-refractivity contribution in [2.24, 2.45) is 0 Å². The predicted octanol–water partition coefficient (Wildman–Crippen LogP) is 2.02. The lowest BCUT2D eigenvalue weighted by molar-refractivity contribution is -0.159. The minimum absolute atomic E-state index is 0.0974. The first-order chi connectivity index (χ1) is 8.34. The fourth-order valence-corrected chi connectivity index (χ4v) is 2.81. The zero-order valence-electron chi connectivity index (χ0n) is 9.30. The van der Waals surface area contributed by atoms with E-state index in [-0.39, 0.29) is 11.8 Å². The molecule has 0 aliphatic carbocycles. The summed E-state index contributed by atoms with van der Waals surface area (Å²) in [7, 11) is 0. The molecule has 1 fully saturated rings. The summed E-state index contributed by atoms with van der Waals surface area (Å²) >= 11 is 1.32. The summed E-state index contributed by atoms with van der Waals surface area (Å²) in [6.07, 6.45) is 2.72. The summed E-state index contributed by atoms with van der Waals surface area (Å²) in [5, 5.41) is 0.702. The first kappa shape index (κ1) is 10.8. The van der Waals surface area contributed by atoms with Crippen molar-refractivity contribution < 1.29 is 9.57 Å². The van der Waals surface area contributed by atoms with E-state index in [1.807, 2.05) is 24.3 Å². The van der Waals surface area contributed by atoms with Gasteiger partial charge in [0.15, 0.2) is 0 Å². The van der Waals surface area contributed by atoms with Crippen molar-refractivity contribution in [1.82, 2.24) is 4.12 Å². The number of hydrogen-bond donors (Lipinski definition) is 0. The predicted molar refractivity (Wildman–Crippen MR) is 66.3 cm³/mol. The second-order valence-electron chi connectivity index (χ2n) is 4.05. The number of hydrogen-bond acceptors (Lipinski definition) is 4. The minimum Gasteiger partial charge on any atom is -0.368 e. The van der Waals surface area contributed by atoms with Gasteiger partial charge < -0.3 is 9.57 Å². The number of aromatic nitrogens is 1. The maximum Gasteiger partial charge on any atom is 0.302 e. The molecule has 0 radical (unpaired) electrons. The van der Waals surface area contributed by atoms with Gasteiger partial charge in [0, 0.05) is 6.42 Å². The van der Waals surface area contributed by atoms with Crippen LogP contribution in [0.25, 0.3) is 10.1 Å². The van der Waals surface area contributed by atoms with Crippen LogP contribution < -0.4 is 10.4 Å². The lowest BCUT2D eigenvalue weighted by Gasteiger charge is -2.21. The van der Waals surface area contributed by atoms with Gasteiger partial charge in [0.25, 0.3) is 0 Å². The highest BCUT2D eigenvalue weighted by molar-refractivity contribution is 7.13. The molecule has 0 N–H and O–H groups in total. The molecule has 0 saturated carbocycles. The molecule has 1 aromatic heterocycles. The fourth-order valence-electron chi connectivity index (χ4n) is 1.92. The third-order valence-corrected chi connectivity index (χ3v) is 3.79. The lowest BCUT2D eigenvalue weighted by Crippen LogP contribution is -2.34. The topological polar surface area (TPSA) is 40.5 Å². The van der Waals surface area contributed by atoms with Crippen molar-refractivity contribution in [2.45, 2.75) is 25.6 Å². The molecule has 0 spiro atoms. The molecule has 4 nitrogen and oxygen atoms in total. The Labute approximate surface area is 102 Å². The molecule has 2 aromatic rings.